The van der Waals surface area contributed by atoms with Gasteiger partial charge in [-0.15, -0.1) is 0 Å². The van der Waals surface area contributed by atoms with Crippen LogP contribution in [0.5, 0.6) is 0 Å². The smallest absolute Gasteiger partial charge is 0.349 e. The first-order valence-electron chi connectivity index (χ1n) is 8.40. The van der Waals surface area contributed by atoms with Crippen molar-refractivity contribution in [2.45, 2.75) is 64.1 Å². The number of rotatable bonds is 6. The van der Waals surface area contributed by atoms with Gasteiger partial charge in [-0.1, -0.05) is 19.8 Å². The van der Waals surface area contributed by atoms with E-state index in [9.17, 15) is 18.2 Å². The lowest BCUT2D eigenvalue weighted by atomic mass is 10.1. The molecule has 5 atom stereocenters. The van der Waals surface area contributed by atoms with Crippen LogP contribution >= 0.6 is 0 Å². The van der Waals surface area contributed by atoms with Gasteiger partial charge in [0.25, 0.3) is 0 Å². The summed E-state index contributed by atoms with van der Waals surface area (Å²) in [5.74, 6) is -1.72. The Labute approximate surface area is 151 Å². The van der Waals surface area contributed by atoms with Gasteiger partial charge in [-0.25, -0.2) is 9.18 Å². The van der Waals surface area contributed by atoms with Gasteiger partial charge in [0, 0.05) is 6.42 Å². The number of hydrogen-bond acceptors (Lipinski definition) is 7. The molecule has 0 aliphatic carbocycles. The molecule has 2 saturated heterocycles. The highest BCUT2D eigenvalue weighted by Crippen LogP contribution is 2.38. The maximum absolute atomic E-state index is 14.3. The molecule has 144 valence electrons. The van der Waals surface area contributed by atoms with Crippen LogP contribution in [-0.2, 0) is 29.3 Å². The fourth-order valence-corrected chi connectivity index (χ4v) is 3.79. The normalized spacial score (nSPS) is 30.3. The molecule has 0 radical (unpaired) electrons. The topological polar surface area (TPSA) is 109 Å². The maximum atomic E-state index is 14.3. The Morgan fingerprint density at radius 1 is 1.38 bits per heavy atom. The van der Waals surface area contributed by atoms with Gasteiger partial charge in [-0.05, 0) is 13.3 Å². The number of ether oxygens (including phenoxy) is 1. The molecule has 26 heavy (non-hydrogen) atoms. The molecule has 0 bridgehead atoms. The largest absolute Gasteiger partial charge is 0.351 e. The van der Waals surface area contributed by atoms with Gasteiger partial charge < -0.3 is 10.1 Å². The van der Waals surface area contributed by atoms with Gasteiger partial charge in [0.2, 0.25) is 5.91 Å². The van der Waals surface area contributed by atoms with Gasteiger partial charge >= 0.3 is 17.1 Å². The second kappa shape index (κ2) is 7.91. The Balaban J connectivity index is 1.76. The number of nitrogens with one attached hydrogen (secondary N) is 1. The van der Waals surface area contributed by atoms with Gasteiger partial charge in [-0.3, -0.25) is 17.7 Å². The van der Waals surface area contributed by atoms with Crippen LogP contribution in [0.3, 0.4) is 0 Å². The van der Waals surface area contributed by atoms with Crippen LogP contribution in [0.1, 0.15) is 45.8 Å². The third-order valence-electron chi connectivity index (χ3n) is 4.25. The molecular formula is C15H20FN3O6S. The highest BCUT2D eigenvalue weighted by molar-refractivity contribution is 7.75. The summed E-state index contributed by atoms with van der Waals surface area (Å²) < 4.78 is 42.4. The van der Waals surface area contributed by atoms with Crippen molar-refractivity contribution in [3.63, 3.8) is 0 Å². The summed E-state index contributed by atoms with van der Waals surface area (Å²) >= 11 is -1.94. The SMILES string of the molecule is CCCCCC(=O)Nc1nc(=O)n([C@@H]2O[C@H](C)[C@H]3OS(=O)O[C@H]32)cc1F. The number of halogens is 1. The van der Waals surface area contributed by atoms with E-state index in [-0.39, 0.29) is 6.42 Å². The first kappa shape index (κ1) is 19.1. The lowest BCUT2D eigenvalue weighted by Gasteiger charge is -2.18. The van der Waals surface area contributed by atoms with E-state index in [1.165, 1.54) is 0 Å². The molecular weight excluding hydrogens is 369 g/mol. The number of aromatic nitrogens is 2. The lowest BCUT2D eigenvalue weighted by molar-refractivity contribution is -0.116. The van der Waals surface area contributed by atoms with Crippen molar-refractivity contribution in [1.82, 2.24) is 9.55 Å². The van der Waals surface area contributed by atoms with E-state index in [1.54, 1.807) is 6.92 Å². The molecule has 2 aliphatic heterocycles. The van der Waals surface area contributed by atoms with E-state index in [4.69, 9.17) is 13.1 Å². The van der Waals surface area contributed by atoms with Crippen LogP contribution in [0.15, 0.2) is 11.0 Å². The number of amides is 1. The zero-order chi connectivity index (χ0) is 18.8. The Morgan fingerprint density at radius 2 is 2.12 bits per heavy atom. The zero-order valence-corrected chi connectivity index (χ0v) is 15.2. The molecule has 1 N–H and O–H groups in total. The number of unbranched alkanes of at least 4 members (excludes halogenated alkanes) is 2. The van der Waals surface area contributed by atoms with Gasteiger partial charge in [-0.2, -0.15) is 9.19 Å². The molecule has 0 aromatic carbocycles. The second-order valence-corrected chi connectivity index (χ2v) is 6.98. The molecule has 3 rings (SSSR count). The Bertz CT molecular complexity index is 772. The maximum Gasteiger partial charge on any atom is 0.351 e. The van der Waals surface area contributed by atoms with Crippen molar-refractivity contribution >= 4 is 23.1 Å². The molecule has 11 heteroatoms. The van der Waals surface area contributed by atoms with Gasteiger partial charge in [0.05, 0.1) is 12.3 Å². The van der Waals surface area contributed by atoms with E-state index in [2.05, 4.69) is 10.3 Å². The van der Waals surface area contributed by atoms with Gasteiger partial charge in [0.1, 0.15) is 6.10 Å². The minimum Gasteiger partial charge on any atom is -0.349 e. The predicted octanol–water partition coefficient (Wildman–Crippen LogP) is 1.18. The van der Waals surface area contributed by atoms with Crippen LogP contribution in [0.2, 0.25) is 0 Å². The average Bonchev–Trinajstić information content (AvgIpc) is 3.10. The number of carbonyl (C=O) groups excluding carboxylic acids is 1. The summed E-state index contributed by atoms with van der Waals surface area (Å²) in [6.45, 7) is 3.67. The minimum atomic E-state index is -1.94. The Hall–Kier alpha value is -1.69. The fourth-order valence-electron chi connectivity index (χ4n) is 2.91. The zero-order valence-electron chi connectivity index (χ0n) is 14.3. The lowest BCUT2D eigenvalue weighted by Crippen LogP contribution is -2.35. The summed E-state index contributed by atoms with van der Waals surface area (Å²) in [5.41, 5.74) is -0.825. The predicted molar refractivity (Wildman–Crippen MR) is 88.7 cm³/mol. The fraction of sp³-hybridized carbons (Fsp3) is 0.667. The van der Waals surface area contributed by atoms with Crippen molar-refractivity contribution in [3.8, 4) is 0 Å². The summed E-state index contributed by atoms with van der Waals surface area (Å²) in [6.07, 6.45) is 0.654. The Kier molecular flexibility index (Phi) is 5.80. The number of carbonyl (C=O) groups is 1. The highest BCUT2D eigenvalue weighted by atomic mass is 32.2. The van der Waals surface area contributed by atoms with E-state index in [0.717, 1.165) is 23.6 Å². The number of anilines is 1. The molecule has 9 nitrogen and oxygen atoms in total. The van der Waals surface area contributed by atoms with E-state index < -0.39 is 59.1 Å². The van der Waals surface area contributed by atoms with Gasteiger partial charge in [0.15, 0.2) is 24.0 Å². The molecule has 2 fully saturated rings. The quantitative estimate of drug-likeness (QED) is 0.728. The average molecular weight is 389 g/mol. The third-order valence-corrected chi connectivity index (χ3v) is 5.01. The van der Waals surface area contributed by atoms with E-state index in [1.807, 2.05) is 6.92 Å². The van der Waals surface area contributed by atoms with Crippen molar-refractivity contribution in [2.75, 3.05) is 5.32 Å². The molecule has 3 heterocycles. The molecule has 1 aromatic heterocycles. The van der Waals surface area contributed by atoms with E-state index in [0.29, 0.717) is 6.42 Å². The van der Waals surface area contributed by atoms with Crippen LogP contribution in [-0.4, -0.2) is 38.0 Å². The summed E-state index contributed by atoms with van der Waals surface area (Å²) in [6, 6.07) is 0. The summed E-state index contributed by atoms with van der Waals surface area (Å²) in [4.78, 5) is 27.7. The van der Waals surface area contributed by atoms with Crippen molar-refractivity contribution < 1.29 is 26.5 Å². The summed E-state index contributed by atoms with van der Waals surface area (Å²) in [5, 5.41) is 2.31. The van der Waals surface area contributed by atoms with Crippen molar-refractivity contribution in [2.24, 2.45) is 0 Å². The van der Waals surface area contributed by atoms with Crippen LogP contribution < -0.4 is 11.0 Å². The minimum absolute atomic E-state index is 0.224. The Morgan fingerprint density at radius 3 is 2.85 bits per heavy atom. The second-order valence-electron chi connectivity index (χ2n) is 6.19. The van der Waals surface area contributed by atoms with Crippen LogP contribution in [0.25, 0.3) is 0 Å². The monoisotopic (exact) mass is 389 g/mol. The molecule has 0 saturated carbocycles. The number of fused-ring (bicyclic) bond motifs is 1. The molecule has 1 amide bonds. The van der Waals surface area contributed by atoms with Crippen LogP contribution in [0.4, 0.5) is 10.2 Å². The van der Waals surface area contributed by atoms with Crippen molar-refractivity contribution in [1.29, 1.82) is 0 Å². The summed E-state index contributed by atoms with van der Waals surface area (Å²) in [7, 11) is 0. The molecule has 1 aromatic rings. The standard InChI is InChI=1S/C15H20FN3O6S/c1-3-4-5-6-10(20)17-13-9(16)7-19(15(21)18-13)14-12-11(8(2)23-14)24-26(22)25-12/h7-8,11-12,14H,3-6H2,1-2H3,(H,17,18,20,21)/t8-,11-,12-,14-,26?/m1/s1. The highest BCUT2D eigenvalue weighted by Gasteiger charge is 2.52. The number of hydrogen-bond donors (Lipinski definition) is 1. The van der Waals surface area contributed by atoms with Crippen molar-refractivity contribution in [3.05, 3.63) is 22.5 Å². The first-order chi connectivity index (χ1) is 12.4. The first-order valence-corrected chi connectivity index (χ1v) is 9.40. The van der Waals surface area contributed by atoms with Crippen LogP contribution in [0, 0.1) is 5.82 Å². The molecule has 1 unspecified atom stereocenters. The molecule has 0 spiro atoms. The number of nitrogens with zero attached hydrogens (tertiary/aromatic N) is 2. The van der Waals surface area contributed by atoms with E-state index >= 15 is 0 Å². The molecule has 2 aliphatic rings. The third kappa shape index (κ3) is 3.85.